The Morgan fingerprint density at radius 2 is 1.21 bits per heavy atom. The third kappa shape index (κ3) is 4.44. The van der Waals surface area contributed by atoms with E-state index in [9.17, 15) is 9.59 Å². The molecular weight excluding hydrogens is 352 g/mol. The summed E-state index contributed by atoms with van der Waals surface area (Å²) in [5, 5.41) is 0. The van der Waals surface area contributed by atoms with Gasteiger partial charge < -0.3 is 9.47 Å². The molecule has 28 heavy (non-hydrogen) atoms. The van der Waals surface area contributed by atoms with E-state index in [1.54, 1.807) is 7.11 Å². The van der Waals surface area contributed by atoms with Gasteiger partial charge in [0.1, 0.15) is 23.7 Å². The van der Waals surface area contributed by atoms with Crippen molar-refractivity contribution in [2.24, 2.45) is 0 Å². The van der Waals surface area contributed by atoms with E-state index in [0.717, 1.165) is 33.6 Å². The lowest BCUT2D eigenvalue weighted by Gasteiger charge is -2.29. The largest absolute Gasteiger partial charge is 0.496 e. The molecule has 4 nitrogen and oxygen atoms in total. The zero-order valence-corrected chi connectivity index (χ0v) is 18.1. The normalized spacial score (nSPS) is 11.3. The highest BCUT2D eigenvalue weighted by atomic mass is 16.5. The minimum Gasteiger partial charge on any atom is -0.496 e. The van der Waals surface area contributed by atoms with Crippen molar-refractivity contribution in [1.29, 1.82) is 0 Å². The van der Waals surface area contributed by atoms with Crippen LogP contribution in [0.25, 0.3) is 0 Å². The minimum absolute atomic E-state index is 0.205. The van der Waals surface area contributed by atoms with Gasteiger partial charge in [0.2, 0.25) is 0 Å². The molecule has 2 aromatic rings. The first kappa shape index (κ1) is 21.7. The van der Waals surface area contributed by atoms with Crippen molar-refractivity contribution < 1.29 is 19.1 Å². The van der Waals surface area contributed by atoms with Crippen LogP contribution in [0.3, 0.4) is 0 Å². The summed E-state index contributed by atoms with van der Waals surface area (Å²) in [5.41, 5.74) is 6.06. The number of carbonyl (C=O) groups is 2. The summed E-state index contributed by atoms with van der Waals surface area (Å²) in [7, 11) is 1.69. The summed E-state index contributed by atoms with van der Waals surface area (Å²) in [6.07, 6.45) is -0.212. The Labute approximate surface area is 167 Å². The fourth-order valence-electron chi connectivity index (χ4n) is 3.63. The third-order valence-electron chi connectivity index (χ3n) is 5.18. The second kappa shape index (κ2) is 8.17. The van der Waals surface area contributed by atoms with E-state index in [1.807, 2.05) is 13.8 Å². The van der Waals surface area contributed by atoms with Crippen LogP contribution in [0.1, 0.15) is 60.6 Å². The predicted octanol–water partition coefficient (Wildman–Crippen LogP) is 5.14. The summed E-state index contributed by atoms with van der Waals surface area (Å²) in [5.74, 6) is 0.725. The maximum Gasteiger partial charge on any atom is 0.318 e. The molecule has 0 unspecified atom stereocenters. The third-order valence-corrected chi connectivity index (χ3v) is 5.18. The summed E-state index contributed by atoms with van der Waals surface area (Å²) < 4.78 is 10.9. The first-order valence-electron chi connectivity index (χ1n) is 9.45. The number of hydrogen-bond acceptors (Lipinski definition) is 4. The van der Waals surface area contributed by atoms with Crippen LogP contribution < -0.4 is 9.47 Å². The number of ketones is 1. The summed E-state index contributed by atoms with van der Waals surface area (Å²) >= 11 is 0. The van der Waals surface area contributed by atoms with Crippen molar-refractivity contribution in [1.82, 2.24) is 0 Å². The first-order chi connectivity index (χ1) is 13.0. The van der Waals surface area contributed by atoms with Crippen molar-refractivity contribution in [3.05, 3.63) is 57.6 Å². The molecule has 0 amide bonds. The molecule has 4 heteroatoms. The Hall–Kier alpha value is -2.62. The first-order valence-corrected chi connectivity index (χ1v) is 9.45. The van der Waals surface area contributed by atoms with Gasteiger partial charge in [0.25, 0.3) is 0 Å². The van der Waals surface area contributed by atoms with Gasteiger partial charge >= 0.3 is 5.97 Å². The number of carbonyl (C=O) groups excluding carboxylic acids is 2. The van der Waals surface area contributed by atoms with Crippen LogP contribution in [0.4, 0.5) is 0 Å². The van der Waals surface area contributed by atoms with Crippen molar-refractivity contribution in [3.8, 4) is 11.5 Å². The average Bonchev–Trinajstić information content (AvgIpc) is 2.56. The van der Waals surface area contributed by atoms with E-state index in [-0.39, 0.29) is 17.6 Å². The number of hydrogen-bond donors (Lipinski definition) is 0. The van der Waals surface area contributed by atoms with Crippen molar-refractivity contribution in [3.63, 3.8) is 0 Å². The standard InChI is InChI=1S/C24H30O4/c1-14-9-19(10-15(2)22(14)27-8)24(6,7)20-11-16(3)23(17(4)12-20)28-21(26)13-18(5)25/h9-12H,13H2,1-8H3. The van der Waals surface area contributed by atoms with E-state index in [0.29, 0.717) is 5.75 Å². The lowest BCUT2D eigenvalue weighted by molar-refractivity contribution is -0.137. The average molecular weight is 383 g/mol. The van der Waals surface area contributed by atoms with Crippen LogP contribution in [-0.4, -0.2) is 18.9 Å². The van der Waals surface area contributed by atoms with Gasteiger partial charge in [-0.2, -0.15) is 0 Å². The number of benzene rings is 2. The van der Waals surface area contributed by atoms with E-state index in [4.69, 9.17) is 9.47 Å². The highest BCUT2D eigenvalue weighted by molar-refractivity contribution is 5.95. The Morgan fingerprint density at radius 1 is 0.821 bits per heavy atom. The lowest BCUT2D eigenvalue weighted by atomic mass is 9.76. The molecule has 0 aliphatic carbocycles. The van der Waals surface area contributed by atoms with Gasteiger partial charge in [0, 0.05) is 5.41 Å². The monoisotopic (exact) mass is 382 g/mol. The number of esters is 1. The fourth-order valence-corrected chi connectivity index (χ4v) is 3.63. The maximum atomic E-state index is 11.9. The van der Waals surface area contributed by atoms with Gasteiger partial charge in [-0.3, -0.25) is 9.59 Å². The quantitative estimate of drug-likeness (QED) is 0.394. The van der Waals surface area contributed by atoms with Crippen LogP contribution in [0.2, 0.25) is 0 Å². The van der Waals surface area contributed by atoms with Gasteiger partial charge in [0.05, 0.1) is 7.11 Å². The molecule has 0 aliphatic rings. The Morgan fingerprint density at radius 3 is 1.57 bits per heavy atom. The molecule has 0 aromatic heterocycles. The Bertz CT molecular complexity index is 876. The number of Topliss-reactive ketones (excluding diaryl/α,β-unsaturated/α-hetero) is 1. The molecule has 0 fully saturated rings. The highest BCUT2D eigenvalue weighted by Gasteiger charge is 2.26. The molecule has 0 atom stereocenters. The molecule has 0 heterocycles. The van der Waals surface area contributed by atoms with E-state index < -0.39 is 5.97 Å². The van der Waals surface area contributed by atoms with Gasteiger partial charge in [0.15, 0.2) is 0 Å². The molecule has 0 N–H and O–H groups in total. The van der Waals surface area contributed by atoms with Crippen molar-refractivity contribution in [2.45, 2.75) is 60.3 Å². The zero-order chi connectivity index (χ0) is 21.2. The molecule has 0 saturated carbocycles. The van der Waals surface area contributed by atoms with E-state index in [1.165, 1.54) is 12.5 Å². The van der Waals surface area contributed by atoms with Crippen molar-refractivity contribution >= 4 is 11.8 Å². The minimum atomic E-state index is -0.521. The van der Waals surface area contributed by atoms with Gasteiger partial charge in [-0.1, -0.05) is 38.1 Å². The highest BCUT2D eigenvalue weighted by Crippen LogP contribution is 2.38. The van der Waals surface area contributed by atoms with Crippen LogP contribution >= 0.6 is 0 Å². The summed E-state index contributed by atoms with van der Waals surface area (Å²) in [6, 6.07) is 8.44. The number of methoxy groups -OCH3 is 1. The van der Waals surface area contributed by atoms with Crippen molar-refractivity contribution in [2.75, 3.05) is 7.11 Å². The van der Waals surface area contributed by atoms with Crippen LogP contribution in [0.15, 0.2) is 24.3 Å². The predicted molar refractivity (Wildman–Crippen MR) is 111 cm³/mol. The molecule has 0 bridgehead atoms. The second-order valence-electron chi connectivity index (χ2n) is 8.06. The Balaban J connectivity index is 2.45. The Kier molecular flexibility index (Phi) is 6.33. The molecule has 150 valence electrons. The maximum absolute atomic E-state index is 11.9. The van der Waals surface area contributed by atoms with Gasteiger partial charge in [-0.05, 0) is 68.0 Å². The number of ether oxygens (including phenoxy) is 2. The summed E-state index contributed by atoms with van der Waals surface area (Å²) in [4.78, 5) is 23.1. The number of aryl methyl sites for hydroxylation is 4. The van der Waals surface area contributed by atoms with E-state index in [2.05, 4.69) is 52.0 Å². The van der Waals surface area contributed by atoms with Crippen LogP contribution in [0, 0.1) is 27.7 Å². The number of rotatable bonds is 6. The lowest BCUT2D eigenvalue weighted by Crippen LogP contribution is -2.20. The molecular formula is C24H30O4. The van der Waals surface area contributed by atoms with Crippen LogP contribution in [0.5, 0.6) is 11.5 Å². The van der Waals surface area contributed by atoms with Gasteiger partial charge in [-0.15, -0.1) is 0 Å². The topological polar surface area (TPSA) is 52.6 Å². The molecule has 0 radical (unpaired) electrons. The van der Waals surface area contributed by atoms with E-state index >= 15 is 0 Å². The van der Waals surface area contributed by atoms with Crippen LogP contribution in [-0.2, 0) is 15.0 Å². The molecule has 0 spiro atoms. The van der Waals surface area contributed by atoms with Gasteiger partial charge in [-0.25, -0.2) is 0 Å². The molecule has 0 aliphatic heterocycles. The molecule has 2 aromatic carbocycles. The molecule has 2 rings (SSSR count). The zero-order valence-electron chi connectivity index (χ0n) is 18.1. The second-order valence-corrected chi connectivity index (χ2v) is 8.06. The summed E-state index contributed by atoms with van der Waals surface area (Å²) in [6.45, 7) is 13.7. The SMILES string of the molecule is COc1c(C)cc(C(C)(C)c2cc(C)c(OC(=O)CC(C)=O)c(C)c2)cc1C. The molecule has 0 saturated heterocycles. The fraction of sp³-hybridized carbons (Fsp3) is 0.417. The smallest absolute Gasteiger partial charge is 0.318 e.